The summed E-state index contributed by atoms with van der Waals surface area (Å²) in [5.41, 5.74) is 0. The molecular formula is C14H25NO2. The van der Waals surface area contributed by atoms with Crippen LogP contribution in [0.4, 0.5) is 0 Å². The van der Waals surface area contributed by atoms with Crippen LogP contribution in [0.25, 0.3) is 0 Å². The second-order valence-corrected chi connectivity index (χ2v) is 5.73. The Morgan fingerprint density at radius 3 is 2.76 bits per heavy atom. The van der Waals surface area contributed by atoms with Gasteiger partial charge in [0.25, 0.3) is 0 Å². The second-order valence-electron chi connectivity index (χ2n) is 5.73. The zero-order valence-corrected chi connectivity index (χ0v) is 10.8. The van der Waals surface area contributed by atoms with Crippen molar-refractivity contribution in [3.05, 3.63) is 0 Å². The molecule has 2 aliphatic rings. The maximum absolute atomic E-state index is 11.8. The Bertz CT molecular complexity index is 267. The fourth-order valence-corrected chi connectivity index (χ4v) is 3.69. The quantitative estimate of drug-likeness (QED) is 0.697. The van der Waals surface area contributed by atoms with Gasteiger partial charge in [-0.15, -0.1) is 0 Å². The minimum atomic E-state index is 0.189. The number of aliphatic hydroxyl groups excluding tert-OH is 1. The molecule has 2 rings (SSSR count). The van der Waals surface area contributed by atoms with Gasteiger partial charge in [0.05, 0.1) is 0 Å². The lowest BCUT2D eigenvalue weighted by Gasteiger charge is -2.30. The molecule has 17 heavy (non-hydrogen) atoms. The molecule has 1 amide bonds. The van der Waals surface area contributed by atoms with Crippen LogP contribution >= 0.6 is 0 Å². The summed E-state index contributed by atoms with van der Waals surface area (Å²) in [6.45, 7) is 2.39. The smallest absolute Gasteiger partial charge is 0.220 e. The van der Waals surface area contributed by atoms with E-state index in [1.54, 1.807) is 0 Å². The highest BCUT2D eigenvalue weighted by Gasteiger charge is 2.47. The number of rotatable bonds is 6. The van der Waals surface area contributed by atoms with Gasteiger partial charge in [-0.25, -0.2) is 0 Å². The van der Waals surface area contributed by atoms with Crippen molar-refractivity contribution in [1.82, 2.24) is 5.32 Å². The first kappa shape index (κ1) is 12.9. The molecular weight excluding hydrogens is 214 g/mol. The first-order valence-corrected chi connectivity index (χ1v) is 7.16. The number of amides is 1. The fraction of sp³-hybridized carbons (Fsp3) is 0.929. The third-order valence-corrected chi connectivity index (χ3v) is 4.63. The van der Waals surface area contributed by atoms with Crippen molar-refractivity contribution in [2.24, 2.45) is 17.8 Å². The Morgan fingerprint density at radius 2 is 2.06 bits per heavy atom. The zero-order valence-electron chi connectivity index (χ0n) is 10.8. The SMILES string of the molecule is CCCCCC(=O)NC1C2CCC(C2)C1CO. The van der Waals surface area contributed by atoms with E-state index in [1.807, 2.05) is 0 Å². The molecule has 2 N–H and O–H groups in total. The van der Waals surface area contributed by atoms with Crippen molar-refractivity contribution in [2.75, 3.05) is 6.61 Å². The fourth-order valence-electron chi connectivity index (χ4n) is 3.69. The standard InChI is InChI=1S/C14H25NO2/c1-2-3-4-5-13(17)15-14-11-7-6-10(8-11)12(14)9-16/h10-12,14,16H,2-9H2,1H3,(H,15,17). The van der Waals surface area contributed by atoms with Crippen LogP contribution in [0.2, 0.25) is 0 Å². The molecule has 4 atom stereocenters. The molecule has 4 unspecified atom stereocenters. The molecule has 0 aromatic heterocycles. The van der Waals surface area contributed by atoms with Crippen molar-refractivity contribution in [3.8, 4) is 0 Å². The molecule has 2 bridgehead atoms. The molecule has 98 valence electrons. The van der Waals surface area contributed by atoms with Crippen LogP contribution in [0.15, 0.2) is 0 Å². The number of aliphatic hydroxyl groups is 1. The molecule has 0 saturated heterocycles. The highest BCUT2D eigenvalue weighted by molar-refractivity contribution is 5.76. The van der Waals surface area contributed by atoms with Crippen molar-refractivity contribution < 1.29 is 9.90 Å². The van der Waals surface area contributed by atoms with Gasteiger partial charge in [-0.05, 0) is 37.5 Å². The Balaban J connectivity index is 1.79. The van der Waals surface area contributed by atoms with E-state index in [0.717, 1.165) is 19.3 Å². The molecule has 0 aliphatic heterocycles. The van der Waals surface area contributed by atoms with Crippen molar-refractivity contribution in [3.63, 3.8) is 0 Å². The number of carbonyl (C=O) groups is 1. The van der Waals surface area contributed by atoms with Crippen LogP contribution in [0.3, 0.4) is 0 Å². The lowest BCUT2D eigenvalue weighted by molar-refractivity contribution is -0.122. The highest BCUT2D eigenvalue weighted by Crippen LogP contribution is 2.48. The van der Waals surface area contributed by atoms with E-state index < -0.39 is 0 Å². The number of unbranched alkanes of at least 4 members (excludes halogenated alkanes) is 2. The average Bonchev–Trinajstić information content (AvgIpc) is 2.90. The van der Waals surface area contributed by atoms with E-state index in [0.29, 0.717) is 24.2 Å². The van der Waals surface area contributed by atoms with Gasteiger partial charge in [0, 0.05) is 25.0 Å². The number of fused-ring (bicyclic) bond motifs is 2. The second kappa shape index (κ2) is 5.85. The summed E-state index contributed by atoms with van der Waals surface area (Å²) in [6, 6.07) is 0.257. The number of hydrogen-bond acceptors (Lipinski definition) is 2. The molecule has 0 aromatic carbocycles. The lowest BCUT2D eigenvalue weighted by Crippen LogP contribution is -2.45. The molecule has 0 radical (unpaired) electrons. The topological polar surface area (TPSA) is 49.3 Å². The van der Waals surface area contributed by atoms with Gasteiger partial charge in [0.2, 0.25) is 5.91 Å². The van der Waals surface area contributed by atoms with E-state index in [1.165, 1.54) is 19.3 Å². The summed E-state index contributed by atoms with van der Waals surface area (Å²) in [5.74, 6) is 1.80. The summed E-state index contributed by atoms with van der Waals surface area (Å²) < 4.78 is 0. The van der Waals surface area contributed by atoms with Gasteiger partial charge in [0.1, 0.15) is 0 Å². The average molecular weight is 239 g/mol. The summed E-state index contributed by atoms with van der Waals surface area (Å²) in [6.07, 6.45) is 7.63. The van der Waals surface area contributed by atoms with E-state index in [-0.39, 0.29) is 18.6 Å². The Morgan fingerprint density at radius 1 is 1.29 bits per heavy atom. The third kappa shape index (κ3) is 2.82. The Hall–Kier alpha value is -0.570. The van der Waals surface area contributed by atoms with Gasteiger partial charge >= 0.3 is 0 Å². The summed E-state index contributed by atoms with van der Waals surface area (Å²) in [7, 11) is 0. The maximum atomic E-state index is 11.8. The minimum absolute atomic E-state index is 0.189. The van der Waals surface area contributed by atoms with Crippen LogP contribution in [-0.2, 0) is 4.79 Å². The summed E-state index contributed by atoms with van der Waals surface area (Å²) >= 11 is 0. The molecule has 0 heterocycles. The van der Waals surface area contributed by atoms with E-state index in [4.69, 9.17) is 0 Å². The first-order valence-electron chi connectivity index (χ1n) is 7.16. The predicted molar refractivity (Wildman–Crippen MR) is 67.5 cm³/mol. The lowest BCUT2D eigenvalue weighted by atomic mass is 9.85. The monoisotopic (exact) mass is 239 g/mol. The molecule has 0 aromatic rings. The van der Waals surface area contributed by atoms with Gasteiger partial charge in [-0.1, -0.05) is 19.8 Å². The van der Waals surface area contributed by atoms with Crippen molar-refractivity contribution in [1.29, 1.82) is 0 Å². The minimum Gasteiger partial charge on any atom is -0.396 e. The van der Waals surface area contributed by atoms with Gasteiger partial charge in [0.15, 0.2) is 0 Å². The first-order chi connectivity index (χ1) is 8.26. The highest BCUT2D eigenvalue weighted by atomic mass is 16.3. The molecule has 2 fully saturated rings. The largest absolute Gasteiger partial charge is 0.396 e. The summed E-state index contributed by atoms with van der Waals surface area (Å²) in [5, 5.41) is 12.6. The molecule has 2 aliphatic carbocycles. The third-order valence-electron chi connectivity index (χ3n) is 4.63. The maximum Gasteiger partial charge on any atom is 0.220 e. The van der Waals surface area contributed by atoms with Gasteiger partial charge in [-0.2, -0.15) is 0 Å². The molecule has 3 heteroatoms. The van der Waals surface area contributed by atoms with Crippen molar-refractivity contribution >= 4 is 5.91 Å². The van der Waals surface area contributed by atoms with Crippen LogP contribution < -0.4 is 5.32 Å². The summed E-state index contributed by atoms with van der Waals surface area (Å²) in [4.78, 5) is 11.8. The Labute approximate surface area is 104 Å². The van der Waals surface area contributed by atoms with Crippen LogP contribution in [0, 0.1) is 17.8 Å². The number of carbonyl (C=O) groups excluding carboxylic acids is 1. The number of hydrogen-bond donors (Lipinski definition) is 2. The molecule has 2 saturated carbocycles. The molecule has 0 spiro atoms. The molecule has 3 nitrogen and oxygen atoms in total. The van der Waals surface area contributed by atoms with E-state index >= 15 is 0 Å². The van der Waals surface area contributed by atoms with Crippen molar-refractivity contribution in [2.45, 2.75) is 57.9 Å². The van der Waals surface area contributed by atoms with Crippen LogP contribution in [0.5, 0.6) is 0 Å². The van der Waals surface area contributed by atoms with E-state index in [9.17, 15) is 9.90 Å². The van der Waals surface area contributed by atoms with Crippen LogP contribution in [-0.4, -0.2) is 23.7 Å². The van der Waals surface area contributed by atoms with E-state index in [2.05, 4.69) is 12.2 Å². The normalized spacial score (nSPS) is 35.2. The predicted octanol–water partition coefficient (Wildman–Crippen LogP) is 2.09. The Kier molecular flexibility index (Phi) is 4.43. The zero-order chi connectivity index (χ0) is 12.3. The van der Waals surface area contributed by atoms with Crippen LogP contribution in [0.1, 0.15) is 51.9 Å². The van der Waals surface area contributed by atoms with Gasteiger partial charge < -0.3 is 10.4 Å². The van der Waals surface area contributed by atoms with Gasteiger partial charge in [-0.3, -0.25) is 4.79 Å². The number of nitrogens with one attached hydrogen (secondary N) is 1.